The van der Waals surface area contributed by atoms with E-state index in [-0.39, 0.29) is 11.3 Å². The molecule has 0 aliphatic heterocycles. The SMILES string of the molecule is CCCCOC(=O)c1ccc(NC(=O)c2c(O)c3ccccc3n(CC)c2=O)cc1. The highest BCUT2D eigenvalue weighted by molar-refractivity contribution is 6.09. The molecule has 0 saturated heterocycles. The highest BCUT2D eigenvalue weighted by atomic mass is 16.5. The molecule has 0 saturated carbocycles. The molecule has 30 heavy (non-hydrogen) atoms. The van der Waals surface area contributed by atoms with Crippen molar-refractivity contribution in [3.8, 4) is 5.75 Å². The fourth-order valence-electron chi connectivity index (χ4n) is 3.18. The van der Waals surface area contributed by atoms with E-state index in [1.807, 2.05) is 6.92 Å². The average Bonchev–Trinajstić information content (AvgIpc) is 2.75. The standard InChI is InChI=1S/C23H24N2O5/c1-3-5-14-30-23(29)15-10-12-16(13-11-15)24-21(27)19-20(26)17-8-6-7-9-18(17)25(4-2)22(19)28/h6-13,26H,3-5,14H2,1-2H3,(H,24,27). The molecule has 1 aromatic heterocycles. The monoisotopic (exact) mass is 408 g/mol. The summed E-state index contributed by atoms with van der Waals surface area (Å²) in [7, 11) is 0. The fraction of sp³-hybridized carbons (Fsp3) is 0.261. The highest BCUT2D eigenvalue weighted by Crippen LogP contribution is 2.27. The minimum Gasteiger partial charge on any atom is -0.506 e. The van der Waals surface area contributed by atoms with Crippen LogP contribution in [-0.4, -0.2) is 28.2 Å². The van der Waals surface area contributed by atoms with E-state index in [0.29, 0.717) is 35.3 Å². The van der Waals surface area contributed by atoms with Crippen LogP contribution >= 0.6 is 0 Å². The minimum atomic E-state index is -0.719. The second-order valence-corrected chi connectivity index (χ2v) is 6.81. The summed E-state index contributed by atoms with van der Waals surface area (Å²) in [5.41, 5.74) is 0.428. The quantitative estimate of drug-likeness (QED) is 0.456. The molecule has 0 fully saturated rings. The van der Waals surface area contributed by atoms with Crippen molar-refractivity contribution in [2.75, 3.05) is 11.9 Å². The van der Waals surface area contributed by atoms with Crippen LogP contribution in [0.1, 0.15) is 47.4 Å². The molecule has 0 spiro atoms. The van der Waals surface area contributed by atoms with Crippen LogP contribution in [0, 0.1) is 0 Å². The summed E-state index contributed by atoms with van der Waals surface area (Å²) in [4.78, 5) is 37.6. The van der Waals surface area contributed by atoms with Crippen LogP contribution in [0.3, 0.4) is 0 Å². The smallest absolute Gasteiger partial charge is 0.338 e. The van der Waals surface area contributed by atoms with Crippen LogP contribution in [0.25, 0.3) is 10.9 Å². The van der Waals surface area contributed by atoms with Crippen LogP contribution < -0.4 is 10.9 Å². The van der Waals surface area contributed by atoms with Crippen molar-refractivity contribution in [1.29, 1.82) is 0 Å². The fourth-order valence-corrected chi connectivity index (χ4v) is 3.18. The van der Waals surface area contributed by atoms with E-state index in [4.69, 9.17) is 4.74 Å². The van der Waals surface area contributed by atoms with E-state index in [1.54, 1.807) is 43.3 Å². The lowest BCUT2D eigenvalue weighted by atomic mass is 10.1. The van der Waals surface area contributed by atoms with Gasteiger partial charge in [0, 0.05) is 17.6 Å². The number of para-hydroxylation sites is 1. The Bertz CT molecular complexity index is 1130. The van der Waals surface area contributed by atoms with Crippen molar-refractivity contribution >= 4 is 28.5 Å². The van der Waals surface area contributed by atoms with Crippen LogP contribution in [0.5, 0.6) is 5.75 Å². The van der Waals surface area contributed by atoms with Gasteiger partial charge < -0.3 is 19.7 Å². The van der Waals surface area contributed by atoms with Crippen molar-refractivity contribution < 1.29 is 19.4 Å². The Labute approximate surface area is 173 Å². The number of unbranched alkanes of at least 4 members (excludes halogenated alkanes) is 1. The molecule has 0 radical (unpaired) electrons. The molecule has 0 bridgehead atoms. The number of fused-ring (bicyclic) bond motifs is 1. The average molecular weight is 408 g/mol. The van der Waals surface area contributed by atoms with E-state index in [9.17, 15) is 19.5 Å². The van der Waals surface area contributed by atoms with Gasteiger partial charge in [0.2, 0.25) is 0 Å². The van der Waals surface area contributed by atoms with E-state index in [2.05, 4.69) is 5.32 Å². The number of aromatic nitrogens is 1. The van der Waals surface area contributed by atoms with E-state index in [1.165, 1.54) is 16.7 Å². The molecule has 156 valence electrons. The molecule has 1 amide bonds. The van der Waals surface area contributed by atoms with Gasteiger partial charge in [-0.1, -0.05) is 25.5 Å². The number of aromatic hydroxyl groups is 1. The molecule has 3 aromatic rings. The molecular formula is C23H24N2O5. The summed E-state index contributed by atoms with van der Waals surface area (Å²) in [6, 6.07) is 13.0. The van der Waals surface area contributed by atoms with E-state index >= 15 is 0 Å². The zero-order valence-corrected chi connectivity index (χ0v) is 17.0. The van der Waals surface area contributed by atoms with Crippen LogP contribution in [0.2, 0.25) is 0 Å². The largest absolute Gasteiger partial charge is 0.506 e. The third kappa shape index (κ3) is 4.20. The normalized spacial score (nSPS) is 10.7. The van der Waals surface area contributed by atoms with Gasteiger partial charge in [0.25, 0.3) is 11.5 Å². The van der Waals surface area contributed by atoms with Crippen LogP contribution in [-0.2, 0) is 11.3 Å². The van der Waals surface area contributed by atoms with Crippen molar-refractivity contribution in [2.45, 2.75) is 33.2 Å². The lowest BCUT2D eigenvalue weighted by Gasteiger charge is -2.13. The van der Waals surface area contributed by atoms with E-state index in [0.717, 1.165) is 12.8 Å². The maximum Gasteiger partial charge on any atom is 0.338 e. The van der Waals surface area contributed by atoms with Gasteiger partial charge in [-0.05, 0) is 49.7 Å². The van der Waals surface area contributed by atoms with Gasteiger partial charge in [0.15, 0.2) is 0 Å². The van der Waals surface area contributed by atoms with Crippen LogP contribution in [0.4, 0.5) is 5.69 Å². The number of pyridine rings is 1. The molecule has 3 rings (SSSR count). The van der Waals surface area contributed by atoms with Gasteiger partial charge in [0.1, 0.15) is 11.3 Å². The molecule has 7 nitrogen and oxygen atoms in total. The molecule has 2 N–H and O–H groups in total. The second-order valence-electron chi connectivity index (χ2n) is 6.81. The Balaban J connectivity index is 1.85. The summed E-state index contributed by atoms with van der Waals surface area (Å²) in [5, 5.41) is 13.6. The van der Waals surface area contributed by atoms with Gasteiger partial charge >= 0.3 is 5.97 Å². The number of benzene rings is 2. The number of carbonyl (C=O) groups is 2. The zero-order valence-electron chi connectivity index (χ0n) is 17.0. The van der Waals surface area contributed by atoms with Crippen molar-refractivity contribution in [3.63, 3.8) is 0 Å². The first-order valence-electron chi connectivity index (χ1n) is 9.91. The molecule has 0 atom stereocenters. The lowest BCUT2D eigenvalue weighted by Crippen LogP contribution is -2.29. The number of rotatable bonds is 7. The molecule has 0 unspecified atom stereocenters. The van der Waals surface area contributed by atoms with Gasteiger partial charge in [-0.15, -0.1) is 0 Å². The van der Waals surface area contributed by atoms with Crippen molar-refractivity contribution in [1.82, 2.24) is 4.57 Å². The van der Waals surface area contributed by atoms with Crippen LogP contribution in [0.15, 0.2) is 53.3 Å². The molecule has 0 aliphatic rings. The summed E-state index contributed by atoms with van der Waals surface area (Å²) in [6.45, 7) is 4.52. The number of hydrogen-bond donors (Lipinski definition) is 2. The van der Waals surface area contributed by atoms with E-state index < -0.39 is 17.4 Å². The van der Waals surface area contributed by atoms with Crippen molar-refractivity contribution in [2.24, 2.45) is 0 Å². The predicted molar refractivity (Wildman–Crippen MR) is 115 cm³/mol. The Hall–Kier alpha value is -3.61. The maximum atomic E-state index is 12.8. The Kier molecular flexibility index (Phi) is 6.51. The number of amides is 1. The highest BCUT2D eigenvalue weighted by Gasteiger charge is 2.22. The topological polar surface area (TPSA) is 97.6 Å². The molecule has 7 heteroatoms. The number of ether oxygens (including phenoxy) is 1. The summed E-state index contributed by atoms with van der Waals surface area (Å²) in [6.07, 6.45) is 1.73. The molecule has 1 heterocycles. The molecule has 0 aliphatic carbocycles. The Morgan fingerprint density at radius 2 is 1.77 bits per heavy atom. The zero-order chi connectivity index (χ0) is 21.7. The number of hydrogen-bond acceptors (Lipinski definition) is 5. The summed E-state index contributed by atoms with van der Waals surface area (Å²) >= 11 is 0. The minimum absolute atomic E-state index is 0.321. The number of anilines is 1. The van der Waals surface area contributed by atoms with Gasteiger partial charge in [-0.25, -0.2) is 4.79 Å². The number of aryl methyl sites for hydroxylation is 1. The third-order valence-electron chi connectivity index (χ3n) is 4.80. The number of nitrogens with one attached hydrogen (secondary N) is 1. The van der Waals surface area contributed by atoms with Gasteiger partial charge in [0.05, 0.1) is 17.7 Å². The van der Waals surface area contributed by atoms with Gasteiger partial charge in [-0.3, -0.25) is 9.59 Å². The molecule has 2 aromatic carbocycles. The Morgan fingerprint density at radius 3 is 2.43 bits per heavy atom. The summed E-state index contributed by atoms with van der Waals surface area (Å²) in [5.74, 6) is -1.50. The number of esters is 1. The lowest BCUT2D eigenvalue weighted by molar-refractivity contribution is 0.0499. The number of nitrogens with zero attached hydrogens (tertiary/aromatic N) is 1. The maximum absolute atomic E-state index is 12.8. The van der Waals surface area contributed by atoms with Gasteiger partial charge in [-0.2, -0.15) is 0 Å². The molecular weight excluding hydrogens is 384 g/mol. The Morgan fingerprint density at radius 1 is 1.07 bits per heavy atom. The summed E-state index contributed by atoms with van der Waals surface area (Å²) < 4.78 is 6.60. The predicted octanol–water partition coefficient (Wildman–Crippen LogP) is 3.94. The third-order valence-corrected chi connectivity index (χ3v) is 4.80. The second kappa shape index (κ2) is 9.26. The first-order chi connectivity index (χ1) is 14.5. The number of carbonyl (C=O) groups excluding carboxylic acids is 2. The first-order valence-corrected chi connectivity index (χ1v) is 9.91. The van der Waals surface area contributed by atoms with Crippen molar-refractivity contribution in [3.05, 3.63) is 70.0 Å². The first kappa shape index (κ1) is 21.1.